The Balaban J connectivity index is 1.42. The highest BCUT2D eigenvalue weighted by atomic mass is 35.5. The Kier molecular flexibility index (Phi) is 8.93. The van der Waals surface area contributed by atoms with E-state index in [9.17, 15) is 13.2 Å². The van der Waals surface area contributed by atoms with E-state index in [2.05, 4.69) is 10.3 Å². The molecule has 0 spiro atoms. The Morgan fingerprint density at radius 3 is 2.41 bits per heavy atom. The number of sulfonamides is 1. The van der Waals surface area contributed by atoms with E-state index in [-0.39, 0.29) is 38.1 Å². The van der Waals surface area contributed by atoms with Crippen molar-refractivity contribution in [1.82, 2.24) is 24.2 Å². The first-order valence-electron chi connectivity index (χ1n) is 11.9. The first kappa shape index (κ1) is 27.2. The van der Waals surface area contributed by atoms with Crippen LogP contribution in [0.3, 0.4) is 0 Å². The maximum absolute atomic E-state index is 13.3. The predicted octanol–water partition coefficient (Wildman–Crippen LogP) is 2.78. The molecular formula is C25H30ClN5O5S. The number of nitrogens with zero attached hydrogens (tertiary/aromatic N) is 5. The maximum Gasteiger partial charge on any atom is 0.241 e. The smallest absolute Gasteiger partial charge is 0.241 e. The second-order valence-electron chi connectivity index (χ2n) is 8.79. The summed E-state index contributed by atoms with van der Waals surface area (Å²) < 4.78 is 39.3. The molecule has 4 rings (SSSR count). The van der Waals surface area contributed by atoms with Crippen LogP contribution < -0.4 is 0 Å². The average molecular weight is 548 g/mol. The van der Waals surface area contributed by atoms with Gasteiger partial charge in [0.1, 0.15) is 18.5 Å². The van der Waals surface area contributed by atoms with Crippen molar-refractivity contribution in [2.24, 2.45) is 0 Å². The van der Waals surface area contributed by atoms with Gasteiger partial charge in [0.05, 0.1) is 31.6 Å². The number of aromatic nitrogens is 3. The Morgan fingerprint density at radius 2 is 1.73 bits per heavy atom. The number of halogens is 1. The summed E-state index contributed by atoms with van der Waals surface area (Å²) in [6.07, 6.45) is 1.73. The first-order valence-corrected chi connectivity index (χ1v) is 13.8. The molecule has 1 aromatic heterocycles. The molecule has 3 aromatic rings. The zero-order valence-corrected chi connectivity index (χ0v) is 22.4. The fourth-order valence-electron chi connectivity index (χ4n) is 4.11. The molecule has 0 N–H and O–H groups in total. The van der Waals surface area contributed by atoms with Crippen molar-refractivity contribution >= 4 is 27.5 Å². The summed E-state index contributed by atoms with van der Waals surface area (Å²) >= 11 is 5.97. The molecule has 2 aromatic carbocycles. The van der Waals surface area contributed by atoms with Crippen LogP contribution in [0, 0.1) is 0 Å². The number of ether oxygens (including phenoxy) is 2. The molecule has 0 bridgehead atoms. The molecule has 198 valence electrons. The lowest BCUT2D eigenvalue weighted by atomic mass is 10.0. The van der Waals surface area contributed by atoms with Crippen LogP contribution in [0.2, 0.25) is 5.02 Å². The molecule has 1 aliphatic rings. The number of hydrogen-bond donors (Lipinski definition) is 0. The van der Waals surface area contributed by atoms with Crippen molar-refractivity contribution in [1.29, 1.82) is 0 Å². The summed E-state index contributed by atoms with van der Waals surface area (Å²) in [5.74, 6) is -0.429. The Labute approximate surface area is 221 Å². The number of rotatable bonds is 10. The van der Waals surface area contributed by atoms with Crippen LogP contribution in [0.4, 0.5) is 0 Å². The van der Waals surface area contributed by atoms with Gasteiger partial charge in [0.15, 0.2) is 0 Å². The van der Waals surface area contributed by atoms with Gasteiger partial charge in [0.2, 0.25) is 15.9 Å². The topological polar surface area (TPSA) is 107 Å². The van der Waals surface area contributed by atoms with E-state index < -0.39 is 16.1 Å². The maximum atomic E-state index is 13.3. The lowest BCUT2D eigenvalue weighted by molar-refractivity contribution is -0.134. The number of benzene rings is 2. The normalized spacial score (nSPS) is 18.2. The van der Waals surface area contributed by atoms with Crippen molar-refractivity contribution in [2.45, 2.75) is 32.6 Å². The van der Waals surface area contributed by atoms with Crippen LogP contribution in [0.1, 0.15) is 18.2 Å². The van der Waals surface area contributed by atoms with E-state index in [0.717, 1.165) is 16.7 Å². The van der Waals surface area contributed by atoms with Gasteiger partial charge in [-0.1, -0.05) is 53.2 Å². The Bertz CT molecular complexity index is 1300. The molecule has 0 aliphatic carbocycles. The molecule has 1 atom stereocenters. The summed E-state index contributed by atoms with van der Waals surface area (Å²) in [4.78, 5) is 14.8. The van der Waals surface area contributed by atoms with Gasteiger partial charge >= 0.3 is 0 Å². The highest BCUT2D eigenvalue weighted by Gasteiger charge is 2.38. The predicted molar refractivity (Wildman–Crippen MR) is 139 cm³/mol. The molecule has 0 radical (unpaired) electrons. The van der Waals surface area contributed by atoms with Gasteiger partial charge in [-0.2, -0.15) is 4.31 Å². The van der Waals surface area contributed by atoms with Gasteiger partial charge in [-0.05, 0) is 35.7 Å². The number of methoxy groups -OCH3 is 1. The van der Waals surface area contributed by atoms with Crippen molar-refractivity contribution < 1.29 is 22.7 Å². The molecule has 1 amide bonds. The second-order valence-corrected chi connectivity index (χ2v) is 11.3. The number of hydrogen-bond acceptors (Lipinski definition) is 7. The average Bonchev–Trinajstić information content (AvgIpc) is 3.32. The summed E-state index contributed by atoms with van der Waals surface area (Å²) in [5, 5.41) is 8.84. The number of carbonyl (C=O) groups excluding carboxylic acids is 1. The van der Waals surface area contributed by atoms with Crippen molar-refractivity contribution in [3.8, 4) is 11.1 Å². The van der Waals surface area contributed by atoms with Gasteiger partial charge in [0, 0.05) is 25.2 Å². The van der Waals surface area contributed by atoms with Gasteiger partial charge in [-0.15, -0.1) is 5.10 Å². The molecular weight excluding hydrogens is 518 g/mol. The Morgan fingerprint density at radius 1 is 1.05 bits per heavy atom. The minimum Gasteiger partial charge on any atom is -0.359 e. The fourth-order valence-corrected chi connectivity index (χ4v) is 5.84. The van der Waals surface area contributed by atoms with E-state index >= 15 is 0 Å². The van der Waals surface area contributed by atoms with Crippen LogP contribution in [-0.2, 0) is 43.9 Å². The molecule has 1 saturated heterocycles. The molecule has 2 heterocycles. The summed E-state index contributed by atoms with van der Waals surface area (Å²) in [6, 6.07) is 14.3. The minimum absolute atomic E-state index is 0.0846. The highest BCUT2D eigenvalue weighted by Crippen LogP contribution is 2.24. The lowest BCUT2D eigenvalue weighted by Crippen LogP contribution is -2.45. The van der Waals surface area contributed by atoms with Crippen LogP contribution in [0.25, 0.3) is 11.1 Å². The molecule has 1 fully saturated rings. The van der Waals surface area contributed by atoms with Crippen molar-refractivity contribution in [3.63, 3.8) is 0 Å². The van der Waals surface area contributed by atoms with E-state index in [0.29, 0.717) is 23.9 Å². The quantitative estimate of drug-likeness (QED) is 0.284. The second kappa shape index (κ2) is 12.1. The molecule has 12 heteroatoms. The lowest BCUT2D eigenvalue weighted by Gasteiger charge is -2.26. The first-order chi connectivity index (χ1) is 17.8. The van der Waals surface area contributed by atoms with Crippen LogP contribution in [0.5, 0.6) is 0 Å². The third-order valence-electron chi connectivity index (χ3n) is 6.15. The molecule has 10 nitrogen and oxygen atoms in total. The third kappa shape index (κ3) is 6.93. The van der Waals surface area contributed by atoms with E-state index in [4.69, 9.17) is 21.1 Å². The summed E-state index contributed by atoms with van der Waals surface area (Å²) in [5.41, 5.74) is 3.38. The van der Waals surface area contributed by atoms with E-state index in [1.807, 2.05) is 48.5 Å². The number of amides is 1. The largest absolute Gasteiger partial charge is 0.359 e. The summed E-state index contributed by atoms with van der Waals surface area (Å²) in [6.45, 7) is 3.09. The molecule has 0 saturated carbocycles. The van der Waals surface area contributed by atoms with Gasteiger partial charge in [-0.3, -0.25) is 4.79 Å². The van der Waals surface area contributed by atoms with Gasteiger partial charge < -0.3 is 14.4 Å². The van der Waals surface area contributed by atoms with E-state index in [1.165, 1.54) is 9.21 Å². The zero-order valence-electron chi connectivity index (χ0n) is 20.8. The molecule has 1 aliphatic heterocycles. The van der Waals surface area contributed by atoms with Gasteiger partial charge in [0.25, 0.3) is 0 Å². The molecule has 37 heavy (non-hydrogen) atoms. The minimum atomic E-state index is -3.66. The fraction of sp³-hybridized carbons (Fsp3) is 0.400. The van der Waals surface area contributed by atoms with Crippen molar-refractivity contribution in [2.75, 3.05) is 32.8 Å². The van der Waals surface area contributed by atoms with Crippen LogP contribution in [-0.4, -0.2) is 77.4 Å². The standard InChI is InChI=1S/C25H30ClN5O5S/c1-19-25(32)29(16-24-17-30(28-27-24)11-13-36-18-35-2)12-14-37(33,34)31(19)15-20-3-5-21(6-4-20)22-7-9-23(26)10-8-22/h3-10,17,19H,11-16,18H2,1-2H3. The summed E-state index contributed by atoms with van der Waals surface area (Å²) in [7, 11) is -2.11. The monoisotopic (exact) mass is 547 g/mol. The van der Waals surface area contributed by atoms with Crippen LogP contribution in [0.15, 0.2) is 54.7 Å². The third-order valence-corrected chi connectivity index (χ3v) is 8.26. The van der Waals surface area contributed by atoms with Crippen LogP contribution >= 0.6 is 11.6 Å². The SMILES string of the molecule is COCOCCn1cc(CN2CCS(=O)(=O)N(Cc3ccc(-c4ccc(Cl)cc4)cc3)C(C)C2=O)nn1. The zero-order chi connectivity index (χ0) is 26.4. The van der Waals surface area contributed by atoms with Gasteiger partial charge in [-0.25, -0.2) is 13.1 Å². The molecule has 1 unspecified atom stereocenters. The highest BCUT2D eigenvalue weighted by molar-refractivity contribution is 7.89. The number of carbonyl (C=O) groups is 1. The van der Waals surface area contributed by atoms with E-state index in [1.54, 1.807) is 24.9 Å². The van der Waals surface area contributed by atoms with Crippen molar-refractivity contribution in [3.05, 3.63) is 71.0 Å². The Hall–Kier alpha value is -2.83.